The minimum atomic E-state index is -1.40. The van der Waals surface area contributed by atoms with Crippen molar-refractivity contribution >= 4 is 29.7 Å². The molecule has 0 bridgehead atoms. The number of carbonyl (C=O) groups excluding carboxylic acids is 2. The smallest absolute Gasteiger partial charge is 0.341 e. The van der Waals surface area contributed by atoms with E-state index in [-0.39, 0.29) is 5.91 Å². The minimum absolute atomic E-state index is 0.304. The van der Waals surface area contributed by atoms with Crippen LogP contribution in [0.15, 0.2) is 89.2 Å². The summed E-state index contributed by atoms with van der Waals surface area (Å²) in [5, 5.41) is 2.89. The van der Waals surface area contributed by atoms with Crippen molar-refractivity contribution in [2.24, 2.45) is 0 Å². The summed E-state index contributed by atoms with van der Waals surface area (Å²) in [4.78, 5) is 27.8. The van der Waals surface area contributed by atoms with Crippen molar-refractivity contribution in [2.75, 3.05) is 7.11 Å². The molecule has 0 saturated carbocycles. The first-order valence-electron chi connectivity index (χ1n) is 9.10. The lowest BCUT2D eigenvalue weighted by Gasteiger charge is -2.28. The van der Waals surface area contributed by atoms with Crippen LogP contribution in [0.25, 0.3) is 6.08 Å². The third-order valence-corrected chi connectivity index (χ3v) is 5.96. The molecule has 1 aliphatic rings. The Morgan fingerprint density at radius 2 is 1.79 bits per heavy atom. The van der Waals surface area contributed by atoms with E-state index in [9.17, 15) is 9.59 Å². The summed E-state index contributed by atoms with van der Waals surface area (Å²) >= 11 is 1.59. The maximum Gasteiger partial charge on any atom is 0.341 e. The Kier molecular flexibility index (Phi) is 4.99. The van der Waals surface area contributed by atoms with Gasteiger partial charge < -0.3 is 10.1 Å². The molecule has 1 amide bonds. The number of hydrogen-bond donors (Lipinski definition) is 1. The first kappa shape index (κ1) is 19.0. The van der Waals surface area contributed by atoms with E-state index in [4.69, 9.17) is 4.74 Å². The highest BCUT2D eigenvalue weighted by molar-refractivity contribution is 7.99. The molecule has 5 heteroatoms. The van der Waals surface area contributed by atoms with E-state index in [0.717, 1.165) is 15.4 Å². The molecule has 144 valence electrons. The Bertz CT molecular complexity index is 1110. The number of benzene rings is 3. The van der Waals surface area contributed by atoms with Crippen molar-refractivity contribution in [1.29, 1.82) is 0 Å². The summed E-state index contributed by atoms with van der Waals surface area (Å²) in [6.07, 6.45) is 1.69. The summed E-state index contributed by atoms with van der Waals surface area (Å²) in [6.45, 7) is 3.80. The van der Waals surface area contributed by atoms with Crippen LogP contribution >= 0.6 is 11.8 Å². The topological polar surface area (TPSA) is 55.4 Å². The average molecular weight is 401 g/mol. The number of nitrogens with one attached hydrogen (secondary N) is 1. The SMILES string of the molecule is C=Cc1ccc2c(c1)C(C(=O)OC)(c1cccc(Sc3ccccc3)c1)NC2=O. The number of carbonyl (C=O) groups is 2. The standard InChI is InChI=1S/C24H19NO3S/c1-3-16-12-13-20-21(14-16)24(23(27)28-2,25-22(20)26)17-8-7-11-19(15-17)29-18-9-5-4-6-10-18/h3-15H,1H2,2H3,(H,25,26). The molecule has 4 rings (SSSR count). The van der Waals surface area contributed by atoms with Crippen LogP contribution < -0.4 is 5.32 Å². The maximum absolute atomic E-state index is 13.0. The van der Waals surface area contributed by atoms with Gasteiger partial charge in [0.15, 0.2) is 5.54 Å². The van der Waals surface area contributed by atoms with Gasteiger partial charge in [-0.15, -0.1) is 0 Å². The van der Waals surface area contributed by atoms with Crippen LogP contribution in [0.2, 0.25) is 0 Å². The summed E-state index contributed by atoms with van der Waals surface area (Å²) < 4.78 is 5.14. The highest BCUT2D eigenvalue weighted by Crippen LogP contribution is 2.40. The summed E-state index contributed by atoms with van der Waals surface area (Å²) in [7, 11) is 1.33. The van der Waals surface area contributed by atoms with Crippen LogP contribution in [0.5, 0.6) is 0 Å². The summed E-state index contributed by atoms with van der Waals surface area (Å²) in [5.74, 6) is -0.838. The van der Waals surface area contributed by atoms with E-state index in [1.54, 1.807) is 30.0 Å². The van der Waals surface area contributed by atoms with Crippen molar-refractivity contribution in [3.05, 3.63) is 102 Å². The Morgan fingerprint density at radius 3 is 2.52 bits per heavy atom. The van der Waals surface area contributed by atoms with E-state index < -0.39 is 11.5 Å². The van der Waals surface area contributed by atoms with Gasteiger partial charge in [-0.2, -0.15) is 0 Å². The van der Waals surface area contributed by atoms with Crippen molar-refractivity contribution in [2.45, 2.75) is 15.3 Å². The monoisotopic (exact) mass is 401 g/mol. The molecule has 1 unspecified atom stereocenters. The largest absolute Gasteiger partial charge is 0.467 e. The maximum atomic E-state index is 13.0. The third-order valence-electron chi connectivity index (χ3n) is 4.97. The molecule has 1 N–H and O–H groups in total. The van der Waals surface area contributed by atoms with Gasteiger partial charge in [-0.05, 0) is 47.5 Å². The van der Waals surface area contributed by atoms with Gasteiger partial charge in [-0.3, -0.25) is 4.79 Å². The first-order valence-corrected chi connectivity index (χ1v) is 9.91. The molecule has 1 heterocycles. The van der Waals surface area contributed by atoms with Crippen LogP contribution in [0.3, 0.4) is 0 Å². The molecule has 3 aromatic carbocycles. The zero-order valence-corrected chi connectivity index (χ0v) is 16.7. The number of fused-ring (bicyclic) bond motifs is 1. The van der Waals surface area contributed by atoms with Gasteiger partial charge in [0.2, 0.25) is 0 Å². The fourth-order valence-electron chi connectivity index (χ4n) is 3.58. The van der Waals surface area contributed by atoms with E-state index in [2.05, 4.69) is 11.9 Å². The number of methoxy groups -OCH3 is 1. The molecule has 29 heavy (non-hydrogen) atoms. The lowest BCUT2D eigenvalue weighted by Crippen LogP contribution is -2.48. The van der Waals surface area contributed by atoms with E-state index in [0.29, 0.717) is 16.7 Å². The average Bonchev–Trinajstić information content (AvgIpc) is 3.07. The lowest BCUT2D eigenvalue weighted by atomic mass is 9.83. The van der Waals surface area contributed by atoms with E-state index in [1.165, 1.54) is 7.11 Å². The van der Waals surface area contributed by atoms with E-state index >= 15 is 0 Å². The van der Waals surface area contributed by atoms with Crippen LogP contribution in [0.4, 0.5) is 0 Å². The molecule has 4 nitrogen and oxygen atoms in total. The third kappa shape index (κ3) is 3.23. The molecular formula is C24H19NO3S. The van der Waals surface area contributed by atoms with Crippen molar-refractivity contribution in [3.63, 3.8) is 0 Å². The number of amides is 1. The number of ether oxygens (including phenoxy) is 1. The predicted molar refractivity (Wildman–Crippen MR) is 114 cm³/mol. The van der Waals surface area contributed by atoms with Crippen LogP contribution in [0, 0.1) is 0 Å². The van der Waals surface area contributed by atoms with Gasteiger partial charge in [0.25, 0.3) is 5.91 Å². The normalized spacial score (nSPS) is 17.3. The Balaban J connectivity index is 1.86. The Morgan fingerprint density at radius 1 is 1.03 bits per heavy atom. The lowest BCUT2D eigenvalue weighted by molar-refractivity contribution is -0.146. The van der Waals surface area contributed by atoms with Crippen LogP contribution in [-0.4, -0.2) is 19.0 Å². The Hall–Kier alpha value is -3.31. The molecule has 0 fully saturated rings. The fraction of sp³-hybridized carbons (Fsp3) is 0.0833. The van der Waals surface area contributed by atoms with E-state index in [1.807, 2.05) is 60.7 Å². The van der Waals surface area contributed by atoms with Gasteiger partial charge in [0, 0.05) is 20.9 Å². The molecule has 0 saturated heterocycles. The van der Waals surface area contributed by atoms with Crippen molar-refractivity contribution < 1.29 is 14.3 Å². The highest BCUT2D eigenvalue weighted by Gasteiger charge is 2.51. The van der Waals surface area contributed by atoms with Gasteiger partial charge in [-0.1, -0.05) is 60.8 Å². The molecule has 1 atom stereocenters. The predicted octanol–water partition coefficient (Wildman–Crippen LogP) is 4.64. The van der Waals surface area contributed by atoms with Gasteiger partial charge in [0.1, 0.15) is 0 Å². The summed E-state index contributed by atoms with van der Waals surface area (Å²) in [6, 6.07) is 22.9. The zero-order valence-electron chi connectivity index (χ0n) is 15.8. The number of hydrogen-bond acceptors (Lipinski definition) is 4. The second-order valence-corrected chi connectivity index (χ2v) is 7.79. The molecule has 3 aromatic rings. The number of rotatable bonds is 5. The van der Waals surface area contributed by atoms with Crippen molar-refractivity contribution in [1.82, 2.24) is 5.32 Å². The first-order chi connectivity index (χ1) is 14.1. The quantitative estimate of drug-likeness (QED) is 0.633. The zero-order chi connectivity index (χ0) is 20.4. The fourth-order valence-corrected chi connectivity index (χ4v) is 4.48. The molecule has 0 aromatic heterocycles. The molecular weight excluding hydrogens is 382 g/mol. The molecule has 1 aliphatic heterocycles. The van der Waals surface area contributed by atoms with Gasteiger partial charge in [-0.25, -0.2) is 4.79 Å². The molecule has 0 radical (unpaired) electrons. The highest BCUT2D eigenvalue weighted by atomic mass is 32.2. The Labute approximate surface area is 173 Å². The summed E-state index contributed by atoms with van der Waals surface area (Å²) in [5.41, 5.74) is 1.12. The molecule has 0 aliphatic carbocycles. The van der Waals surface area contributed by atoms with Crippen LogP contribution in [0.1, 0.15) is 27.0 Å². The van der Waals surface area contributed by atoms with Gasteiger partial charge >= 0.3 is 5.97 Å². The number of esters is 1. The van der Waals surface area contributed by atoms with Crippen LogP contribution in [-0.2, 0) is 15.1 Å². The van der Waals surface area contributed by atoms with Crippen molar-refractivity contribution in [3.8, 4) is 0 Å². The molecule has 0 spiro atoms. The van der Waals surface area contributed by atoms with Gasteiger partial charge in [0.05, 0.1) is 7.11 Å². The second-order valence-electron chi connectivity index (χ2n) is 6.65. The minimum Gasteiger partial charge on any atom is -0.467 e. The second kappa shape index (κ2) is 7.60.